The Labute approximate surface area is 134 Å². The number of aliphatic hydroxyl groups is 2. The second-order valence-electron chi connectivity index (χ2n) is 6.49. The van der Waals surface area contributed by atoms with E-state index < -0.39 is 5.60 Å². The van der Waals surface area contributed by atoms with E-state index in [1.807, 2.05) is 0 Å². The fourth-order valence-corrected chi connectivity index (χ4v) is 3.15. The minimum Gasteiger partial charge on any atom is -0.393 e. The van der Waals surface area contributed by atoms with Gasteiger partial charge in [0.25, 0.3) is 0 Å². The zero-order valence-electron chi connectivity index (χ0n) is 12.4. The highest BCUT2D eigenvalue weighted by Crippen LogP contribution is 2.36. The Kier molecular flexibility index (Phi) is 4.39. The fourth-order valence-electron chi connectivity index (χ4n) is 2.99. The van der Waals surface area contributed by atoms with Crippen molar-refractivity contribution in [3.05, 3.63) is 23.0 Å². The number of carbonyl (C=O) groups excluding carboxylic acids is 1. The second-order valence-corrected chi connectivity index (χ2v) is 6.88. The molecule has 22 heavy (non-hydrogen) atoms. The van der Waals surface area contributed by atoms with Crippen LogP contribution in [0.3, 0.4) is 0 Å². The van der Waals surface area contributed by atoms with Crippen molar-refractivity contribution >= 4 is 23.1 Å². The molecule has 3 rings (SSSR count). The Morgan fingerprint density at radius 3 is 2.64 bits per heavy atom. The third-order valence-electron chi connectivity index (χ3n) is 4.65. The zero-order chi connectivity index (χ0) is 15.7. The maximum absolute atomic E-state index is 12.3. The molecule has 2 saturated carbocycles. The Morgan fingerprint density at radius 1 is 1.36 bits per heavy atom. The lowest BCUT2D eigenvalue weighted by molar-refractivity contribution is -0.0438. The van der Waals surface area contributed by atoms with Crippen LogP contribution in [0.15, 0.2) is 12.3 Å². The summed E-state index contributed by atoms with van der Waals surface area (Å²) in [5.74, 6) is 0.267. The molecule has 0 bridgehead atoms. The summed E-state index contributed by atoms with van der Waals surface area (Å²) < 4.78 is 0. The molecule has 0 aliphatic heterocycles. The van der Waals surface area contributed by atoms with Crippen molar-refractivity contribution in [2.45, 2.75) is 50.2 Å². The average Bonchev–Trinajstić information content (AvgIpc) is 3.34. The molecule has 0 amide bonds. The number of nitrogens with one attached hydrogen (secondary N) is 1. The highest BCUT2D eigenvalue weighted by atomic mass is 35.5. The number of halogens is 1. The third kappa shape index (κ3) is 3.42. The standard InChI is InChI=1S/C16H21ClN2O3/c17-14-7-13(12(8-18-14)15(21)10-1-2-10)19-11-3-5-16(22,9-20)6-4-11/h7-8,10-11,20,22H,1-6,9H2,(H,18,19). The Bertz CT molecular complexity index is 567. The lowest BCUT2D eigenvalue weighted by Gasteiger charge is -2.35. The van der Waals surface area contributed by atoms with Crippen molar-refractivity contribution in [1.29, 1.82) is 0 Å². The average molecular weight is 325 g/mol. The Hall–Kier alpha value is -1.17. The van der Waals surface area contributed by atoms with E-state index in [-0.39, 0.29) is 24.3 Å². The van der Waals surface area contributed by atoms with Crippen LogP contribution in [-0.4, -0.2) is 39.2 Å². The van der Waals surface area contributed by atoms with Gasteiger partial charge in [-0.1, -0.05) is 11.6 Å². The first-order chi connectivity index (χ1) is 10.5. The molecule has 3 N–H and O–H groups in total. The van der Waals surface area contributed by atoms with Crippen LogP contribution in [0.5, 0.6) is 0 Å². The summed E-state index contributed by atoms with van der Waals surface area (Å²) in [4.78, 5) is 16.4. The maximum atomic E-state index is 12.3. The normalized spacial score (nSPS) is 28.4. The number of hydrogen-bond donors (Lipinski definition) is 3. The number of pyridine rings is 1. The molecule has 0 unspecified atom stereocenters. The summed E-state index contributed by atoms with van der Waals surface area (Å²) in [5.41, 5.74) is 0.381. The van der Waals surface area contributed by atoms with E-state index in [1.54, 1.807) is 12.3 Å². The van der Waals surface area contributed by atoms with Crippen LogP contribution in [0.25, 0.3) is 0 Å². The predicted octanol–water partition coefficient (Wildman–Crippen LogP) is 2.41. The highest BCUT2D eigenvalue weighted by molar-refractivity contribution is 6.29. The number of Topliss-reactive ketones (excluding diaryl/α,β-unsaturated/α-hetero) is 1. The van der Waals surface area contributed by atoms with Crippen LogP contribution in [-0.2, 0) is 0 Å². The molecule has 1 heterocycles. The number of carbonyl (C=O) groups is 1. The van der Waals surface area contributed by atoms with Crippen LogP contribution in [0, 0.1) is 5.92 Å². The van der Waals surface area contributed by atoms with Crippen LogP contribution >= 0.6 is 11.6 Å². The van der Waals surface area contributed by atoms with E-state index in [2.05, 4.69) is 10.3 Å². The predicted molar refractivity (Wildman–Crippen MR) is 84.2 cm³/mol. The van der Waals surface area contributed by atoms with Gasteiger partial charge < -0.3 is 15.5 Å². The van der Waals surface area contributed by atoms with Gasteiger partial charge in [-0.3, -0.25) is 4.79 Å². The molecular weight excluding hydrogens is 304 g/mol. The lowest BCUT2D eigenvalue weighted by Crippen LogP contribution is -2.41. The van der Waals surface area contributed by atoms with Gasteiger partial charge in [0.2, 0.25) is 0 Å². The summed E-state index contributed by atoms with van der Waals surface area (Å²) in [6.45, 7) is -0.202. The van der Waals surface area contributed by atoms with Crippen molar-refractivity contribution in [2.24, 2.45) is 5.92 Å². The smallest absolute Gasteiger partial charge is 0.169 e. The summed E-state index contributed by atoms with van der Waals surface area (Å²) in [5, 5.41) is 23.0. The number of rotatable bonds is 5. The fraction of sp³-hybridized carbons (Fsp3) is 0.625. The molecule has 0 spiro atoms. The van der Waals surface area contributed by atoms with E-state index in [0.29, 0.717) is 23.6 Å². The molecule has 0 saturated heterocycles. The maximum Gasteiger partial charge on any atom is 0.169 e. The van der Waals surface area contributed by atoms with Gasteiger partial charge in [-0.05, 0) is 44.6 Å². The SMILES string of the molecule is O=C(c1cnc(Cl)cc1NC1CCC(O)(CO)CC1)C1CC1. The van der Waals surface area contributed by atoms with Crippen molar-refractivity contribution in [1.82, 2.24) is 4.98 Å². The van der Waals surface area contributed by atoms with E-state index in [1.165, 1.54) is 0 Å². The van der Waals surface area contributed by atoms with Crippen molar-refractivity contribution in [3.63, 3.8) is 0 Å². The first kappa shape index (κ1) is 15.7. The minimum atomic E-state index is -0.958. The minimum absolute atomic E-state index is 0.134. The molecule has 0 radical (unpaired) electrons. The van der Waals surface area contributed by atoms with Gasteiger partial charge >= 0.3 is 0 Å². The summed E-state index contributed by atoms with van der Waals surface area (Å²) >= 11 is 5.97. The summed E-state index contributed by atoms with van der Waals surface area (Å²) in [6.07, 6.45) is 6.04. The molecule has 2 aliphatic rings. The van der Waals surface area contributed by atoms with Crippen molar-refractivity contribution in [2.75, 3.05) is 11.9 Å². The van der Waals surface area contributed by atoms with Crippen molar-refractivity contribution in [3.8, 4) is 0 Å². The largest absolute Gasteiger partial charge is 0.393 e. The summed E-state index contributed by atoms with van der Waals surface area (Å²) in [6, 6.07) is 1.86. The first-order valence-electron chi connectivity index (χ1n) is 7.80. The monoisotopic (exact) mass is 324 g/mol. The molecule has 0 atom stereocenters. The topological polar surface area (TPSA) is 82.5 Å². The van der Waals surface area contributed by atoms with Gasteiger partial charge in [-0.15, -0.1) is 0 Å². The van der Waals surface area contributed by atoms with Gasteiger partial charge in [0.1, 0.15) is 5.15 Å². The quantitative estimate of drug-likeness (QED) is 0.572. The second kappa shape index (κ2) is 6.14. The Morgan fingerprint density at radius 2 is 2.05 bits per heavy atom. The first-order valence-corrected chi connectivity index (χ1v) is 8.18. The number of anilines is 1. The van der Waals surface area contributed by atoms with Gasteiger partial charge in [-0.2, -0.15) is 0 Å². The molecule has 0 aromatic carbocycles. The lowest BCUT2D eigenvalue weighted by atomic mass is 9.82. The molecule has 2 aliphatic carbocycles. The molecular formula is C16H21ClN2O3. The molecule has 2 fully saturated rings. The van der Waals surface area contributed by atoms with Crippen LogP contribution < -0.4 is 5.32 Å². The molecule has 1 aromatic heterocycles. The molecule has 1 aromatic rings. The van der Waals surface area contributed by atoms with E-state index in [0.717, 1.165) is 31.4 Å². The van der Waals surface area contributed by atoms with Crippen LogP contribution in [0.2, 0.25) is 5.15 Å². The van der Waals surface area contributed by atoms with Gasteiger partial charge in [0.15, 0.2) is 5.78 Å². The highest BCUT2D eigenvalue weighted by Gasteiger charge is 2.34. The molecule has 6 heteroatoms. The summed E-state index contributed by atoms with van der Waals surface area (Å²) in [7, 11) is 0. The van der Waals surface area contributed by atoms with Crippen molar-refractivity contribution < 1.29 is 15.0 Å². The number of ketones is 1. The number of hydrogen-bond acceptors (Lipinski definition) is 5. The van der Waals surface area contributed by atoms with Gasteiger partial charge in [-0.25, -0.2) is 4.98 Å². The van der Waals surface area contributed by atoms with Crippen LogP contribution in [0.4, 0.5) is 5.69 Å². The van der Waals surface area contributed by atoms with Gasteiger partial charge in [0, 0.05) is 23.8 Å². The van der Waals surface area contributed by atoms with E-state index in [4.69, 9.17) is 11.6 Å². The zero-order valence-corrected chi connectivity index (χ0v) is 13.1. The van der Waals surface area contributed by atoms with E-state index >= 15 is 0 Å². The number of aromatic nitrogens is 1. The number of nitrogens with zero attached hydrogens (tertiary/aromatic N) is 1. The van der Waals surface area contributed by atoms with Gasteiger partial charge in [0.05, 0.1) is 17.8 Å². The Balaban J connectivity index is 1.72. The number of aliphatic hydroxyl groups excluding tert-OH is 1. The third-order valence-corrected chi connectivity index (χ3v) is 4.86. The molecule has 120 valence electrons. The van der Waals surface area contributed by atoms with Crippen LogP contribution in [0.1, 0.15) is 48.9 Å². The molecule has 5 nitrogen and oxygen atoms in total. The van der Waals surface area contributed by atoms with E-state index in [9.17, 15) is 15.0 Å².